The molecule has 0 aliphatic carbocycles. The lowest BCUT2D eigenvalue weighted by atomic mass is 9.84. The van der Waals surface area contributed by atoms with Crippen LogP contribution in [0.5, 0.6) is 0 Å². The Labute approximate surface area is 185 Å². The highest BCUT2D eigenvalue weighted by molar-refractivity contribution is 7.91. The monoisotopic (exact) mass is 453 g/mol. The molecule has 4 heterocycles. The lowest BCUT2D eigenvalue weighted by molar-refractivity contribution is -0.138. The van der Waals surface area contributed by atoms with Crippen molar-refractivity contribution < 1.29 is 13.2 Å². The van der Waals surface area contributed by atoms with Gasteiger partial charge < -0.3 is 9.80 Å². The minimum atomic E-state index is -3.37. The minimum Gasteiger partial charge on any atom is -0.342 e. The van der Waals surface area contributed by atoms with Crippen molar-refractivity contribution in [3.8, 4) is 0 Å². The van der Waals surface area contributed by atoms with Crippen LogP contribution in [-0.4, -0.2) is 73.7 Å². The number of amides is 1. The van der Waals surface area contributed by atoms with Gasteiger partial charge in [-0.15, -0.1) is 11.3 Å². The molecule has 0 bridgehead atoms. The van der Waals surface area contributed by atoms with Crippen molar-refractivity contribution in [2.24, 2.45) is 11.8 Å². The van der Waals surface area contributed by atoms with Crippen molar-refractivity contribution in [3.63, 3.8) is 0 Å². The molecule has 4 rings (SSSR count). The third-order valence-corrected chi connectivity index (χ3v) is 10.6. The summed E-state index contributed by atoms with van der Waals surface area (Å²) in [5, 5.41) is 1.80. The van der Waals surface area contributed by atoms with Crippen molar-refractivity contribution in [1.82, 2.24) is 14.1 Å². The second-order valence-corrected chi connectivity index (χ2v) is 12.2. The highest BCUT2D eigenvalue weighted by atomic mass is 32.2. The normalized spacial score (nSPS) is 24.8. The molecule has 3 saturated heterocycles. The zero-order valence-corrected chi connectivity index (χ0v) is 19.7. The maximum atomic E-state index is 13.1. The third kappa shape index (κ3) is 4.76. The summed E-state index contributed by atoms with van der Waals surface area (Å²) < 4.78 is 27.5. The number of carbonyl (C=O) groups is 1. The minimum absolute atomic E-state index is 0.0249. The van der Waals surface area contributed by atoms with Crippen LogP contribution in [0.25, 0.3) is 0 Å². The largest absolute Gasteiger partial charge is 0.342 e. The number of hydrogen-bond acceptors (Lipinski definition) is 5. The van der Waals surface area contributed by atoms with E-state index in [-0.39, 0.29) is 17.7 Å². The predicted molar refractivity (Wildman–Crippen MR) is 120 cm³/mol. The molecule has 3 aliphatic heterocycles. The fraction of sp³-hybridized carbons (Fsp3) is 0.773. The van der Waals surface area contributed by atoms with Gasteiger partial charge in [-0.25, -0.2) is 8.42 Å². The first-order valence-electron chi connectivity index (χ1n) is 11.5. The molecule has 0 aromatic carbocycles. The Morgan fingerprint density at radius 2 is 1.67 bits per heavy atom. The van der Waals surface area contributed by atoms with Crippen LogP contribution in [0.15, 0.2) is 21.7 Å². The first-order chi connectivity index (χ1) is 14.5. The van der Waals surface area contributed by atoms with Gasteiger partial charge >= 0.3 is 0 Å². The maximum absolute atomic E-state index is 13.1. The summed E-state index contributed by atoms with van der Waals surface area (Å²) in [6.07, 6.45) is 7.71. The number of thiophene rings is 1. The molecule has 1 aromatic heterocycles. The van der Waals surface area contributed by atoms with Crippen LogP contribution in [0.3, 0.4) is 0 Å². The lowest BCUT2D eigenvalue weighted by Crippen LogP contribution is -2.50. The van der Waals surface area contributed by atoms with Crippen molar-refractivity contribution >= 4 is 27.3 Å². The van der Waals surface area contributed by atoms with Crippen LogP contribution in [0.4, 0.5) is 0 Å². The summed E-state index contributed by atoms with van der Waals surface area (Å²) >= 11 is 1.27. The van der Waals surface area contributed by atoms with Crippen molar-refractivity contribution in [3.05, 3.63) is 17.5 Å². The number of piperidine rings is 3. The molecule has 0 spiro atoms. The smallest absolute Gasteiger partial charge is 0.252 e. The van der Waals surface area contributed by atoms with Gasteiger partial charge in [0.25, 0.3) is 10.0 Å². The van der Waals surface area contributed by atoms with Crippen LogP contribution in [0.1, 0.15) is 51.9 Å². The van der Waals surface area contributed by atoms with E-state index in [1.165, 1.54) is 43.7 Å². The zero-order valence-electron chi connectivity index (χ0n) is 18.0. The third-order valence-electron chi connectivity index (χ3n) is 7.37. The molecule has 0 saturated carbocycles. The highest BCUT2D eigenvalue weighted by Crippen LogP contribution is 2.31. The van der Waals surface area contributed by atoms with Gasteiger partial charge in [0.05, 0.1) is 0 Å². The molecule has 1 amide bonds. The summed E-state index contributed by atoms with van der Waals surface area (Å²) in [6, 6.07) is 4.10. The molecular weight excluding hydrogens is 418 g/mol. The number of nitrogens with zero attached hydrogens (tertiary/aromatic N) is 3. The molecule has 168 valence electrons. The number of hydrogen-bond donors (Lipinski definition) is 0. The Balaban J connectivity index is 1.26. The molecule has 3 aliphatic rings. The second-order valence-electron chi connectivity index (χ2n) is 9.12. The van der Waals surface area contributed by atoms with E-state index in [1.807, 2.05) is 6.92 Å². The summed E-state index contributed by atoms with van der Waals surface area (Å²) in [4.78, 5) is 17.8. The van der Waals surface area contributed by atoms with E-state index in [1.54, 1.807) is 21.8 Å². The Hall–Kier alpha value is -0.960. The number of rotatable bonds is 5. The molecule has 0 N–H and O–H groups in total. The van der Waals surface area contributed by atoms with Crippen LogP contribution in [0.2, 0.25) is 0 Å². The van der Waals surface area contributed by atoms with Crippen molar-refractivity contribution in [2.75, 3.05) is 39.3 Å². The van der Waals surface area contributed by atoms with Crippen molar-refractivity contribution in [2.45, 2.75) is 62.1 Å². The van der Waals surface area contributed by atoms with E-state index in [0.717, 1.165) is 38.8 Å². The maximum Gasteiger partial charge on any atom is 0.252 e. The fourth-order valence-corrected chi connectivity index (χ4v) is 7.99. The van der Waals surface area contributed by atoms with E-state index in [0.29, 0.717) is 23.3 Å². The quantitative estimate of drug-likeness (QED) is 0.687. The van der Waals surface area contributed by atoms with Gasteiger partial charge in [0, 0.05) is 38.1 Å². The molecule has 6 nitrogen and oxygen atoms in total. The standard InChI is InChI=1S/C22H35N3O3S2/c1-18(19-7-15-25(16-8-19)30(27,28)21-6-5-17-29-21)22(26)24-13-9-20(10-14-24)23-11-3-2-4-12-23/h5-6,17-20H,2-4,7-16H2,1H3/t18-/m0/s1. The molecule has 0 radical (unpaired) electrons. The van der Waals surface area contributed by atoms with Gasteiger partial charge in [0.2, 0.25) is 5.91 Å². The van der Waals surface area contributed by atoms with Crippen LogP contribution < -0.4 is 0 Å². The van der Waals surface area contributed by atoms with E-state index in [2.05, 4.69) is 9.80 Å². The predicted octanol–water partition coefficient (Wildman–Crippen LogP) is 3.26. The Morgan fingerprint density at radius 3 is 2.27 bits per heavy atom. The number of sulfonamides is 1. The van der Waals surface area contributed by atoms with E-state index >= 15 is 0 Å². The summed E-state index contributed by atoms with van der Waals surface area (Å²) in [7, 11) is -3.37. The molecule has 8 heteroatoms. The fourth-order valence-electron chi connectivity index (χ4n) is 5.38. The molecule has 30 heavy (non-hydrogen) atoms. The molecular formula is C22H35N3O3S2. The van der Waals surface area contributed by atoms with Gasteiger partial charge in [-0.2, -0.15) is 4.31 Å². The van der Waals surface area contributed by atoms with Gasteiger partial charge in [-0.1, -0.05) is 19.4 Å². The first kappa shape index (κ1) is 22.2. The van der Waals surface area contributed by atoms with Gasteiger partial charge in [0.15, 0.2) is 0 Å². The first-order valence-corrected chi connectivity index (χ1v) is 13.9. The highest BCUT2D eigenvalue weighted by Gasteiger charge is 2.36. The SMILES string of the molecule is C[C@H](C(=O)N1CCC(N2CCCCC2)CC1)C1CCN(S(=O)(=O)c2cccs2)CC1. The lowest BCUT2D eigenvalue weighted by Gasteiger charge is -2.41. The van der Waals surface area contributed by atoms with Gasteiger partial charge in [-0.05, 0) is 69.0 Å². The average Bonchev–Trinajstić information content (AvgIpc) is 3.35. The second kappa shape index (κ2) is 9.67. The van der Waals surface area contributed by atoms with Gasteiger partial charge in [0.1, 0.15) is 4.21 Å². The Bertz CT molecular complexity index is 790. The zero-order chi connectivity index (χ0) is 21.1. The van der Waals surface area contributed by atoms with E-state index in [9.17, 15) is 13.2 Å². The van der Waals surface area contributed by atoms with E-state index in [4.69, 9.17) is 0 Å². The Kier molecular flexibility index (Phi) is 7.17. The Morgan fingerprint density at radius 1 is 1.00 bits per heavy atom. The molecule has 3 fully saturated rings. The number of carbonyl (C=O) groups excluding carboxylic acids is 1. The summed E-state index contributed by atoms with van der Waals surface area (Å²) in [6.45, 7) is 7.27. The van der Waals surface area contributed by atoms with Gasteiger partial charge in [-0.3, -0.25) is 4.79 Å². The molecule has 0 unspecified atom stereocenters. The topological polar surface area (TPSA) is 60.9 Å². The molecule has 1 aromatic rings. The van der Waals surface area contributed by atoms with Crippen LogP contribution in [0, 0.1) is 11.8 Å². The average molecular weight is 454 g/mol. The van der Waals surface area contributed by atoms with Crippen LogP contribution >= 0.6 is 11.3 Å². The van der Waals surface area contributed by atoms with Crippen LogP contribution in [-0.2, 0) is 14.8 Å². The number of likely N-dealkylation sites (tertiary alicyclic amines) is 2. The molecule has 1 atom stereocenters. The van der Waals surface area contributed by atoms with E-state index < -0.39 is 10.0 Å². The van der Waals surface area contributed by atoms with Crippen molar-refractivity contribution in [1.29, 1.82) is 0 Å². The summed E-state index contributed by atoms with van der Waals surface area (Å²) in [5.41, 5.74) is 0. The summed E-state index contributed by atoms with van der Waals surface area (Å²) in [5.74, 6) is 0.516.